The number of nitrogens with one attached hydrogen (secondary N) is 1. The molecule has 0 spiro atoms. The Morgan fingerprint density at radius 2 is 1.71 bits per heavy atom. The molecule has 1 saturated carbocycles. The van der Waals surface area contributed by atoms with E-state index >= 15 is 0 Å². The maximum atomic E-state index is 14.0. The number of aromatic nitrogens is 4. The van der Waals surface area contributed by atoms with Gasteiger partial charge in [-0.1, -0.05) is 6.92 Å². The lowest BCUT2D eigenvalue weighted by Crippen LogP contribution is -2.46. The highest BCUT2D eigenvalue weighted by Crippen LogP contribution is 2.59. The Bertz CT molecular complexity index is 1900. The smallest absolute Gasteiger partial charge is 0.337 e. The van der Waals surface area contributed by atoms with Crippen molar-refractivity contribution in [2.75, 3.05) is 5.32 Å². The van der Waals surface area contributed by atoms with Crippen molar-refractivity contribution < 1.29 is 31.9 Å². The van der Waals surface area contributed by atoms with E-state index in [-0.39, 0.29) is 35.3 Å². The van der Waals surface area contributed by atoms with Crippen molar-refractivity contribution >= 4 is 34.3 Å². The molecule has 2 aliphatic rings. The average molecular weight is 623 g/mol. The normalized spacial score (nSPS) is 20.8. The molecule has 3 aromatic heterocycles. The number of Topliss-reactive ketones (excluding diaryl/α,β-unsaturated/α-hetero) is 1. The summed E-state index contributed by atoms with van der Waals surface area (Å²) in [6, 6.07) is 3.27. The first-order valence-electron chi connectivity index (χ1n) is 14.4. The van der Waals surface area contributed by atoms with Crippen LogP contribution in [0.4, 0.5) is 23.4 Å². The number of aryl methyl sites for hydroxylation is 3. The lowest BCUT2D eigenvalue weighted by Gasteiger charge is -2.27. The Balaban J connectivity index is 1.31. The first-order chi connectivity index (χ1) is 21.1. The van der Waals surface area contributed by atoms with Crippen molar-refractivity contribution in [1.82, 2.24) is 24.4 Å². The lowest BCUT2D eigenvalue weighted by molar-refractivity contribution is -0.143. The summed E-state index contributed by atoms with van der Waals surface area (Å²) < 4.78 is 55.6. The number of ketones is 1. The molecule has 2 fully saturated rings. The fraction of sp³-hybridized carbons (Fsp3) is 0.375. The number of amides is 2. The van der Waals surface area contributed by atoms with E-state index in [1.807, 2.05) is 26.0 Å². The lowest BCUT2D eigenvalue weighted by atomic mass is 10.0. The standard InChI is InChI=1S/C32H30F4N6O3/c1-15-6-19(20-11-37-18(4)38-12-20)8-21-22(17(3)43)13-41(27(15)21)14-26(44)42-24(9-31(5)10-25(31)42)30(45)40-29-16(2)7-23(33)28(39-29)32(34,35)36/h6-8,11-13,24-25H,9-10,14H2,1-5H3,(H,39,40,45)/t24-,25+,31-/m0/s1. The molecule has 13 heteroatoms. The number of hydrogen-bond acceptors (Lipinski definition) is 6. The summed E-state index contributed by atoms with van der Waals surface area (Å²) in [5.74, 6) is -2.58. The third-order valence-electron chi connectivity index (χ3n) is 8.86. The Kier molecular flexibility index (Phi) is 7.05. The maximum absolute atomic E-state index is 14.0. The number of likely N-dealkylation sites (tertiary alicyclic amines) is 1. The van der Waals surface area contributed by atoms with E-state index < -0.39 is 35.5 Å². The van der Waals surface area contributed by atoms with Gasteiger partial charge in [-0.2, -0.15) is 13.2 Å². The van der Waals surface area contributed by atoms with Crippen LogP contribution >= 0.6 is 0 Å². The molecule has 1 aliphatic carbocycles. The zero-order chi connectivity index (χ0) is 32.6. The van der Waals surface area contributed by atoms with Crippen molar-refractivity contribution in [3.05, 3.63) is 70.8 Å². The second-order valence-electron chi connectivity index (χ2n) is 12.3. The molecule has 1 aliphatic heterocycles. The van der Waals surface area contributed by atoms with Gasteiger partial charge in [0.05, 0.1) is 5.52 Å². The molecule has 2 amide bonds. The first kappa shape index (κ1) is 30.4. The van der Waals surface area contributed by atoms with E-state index in [9.17, 15) is 31.9 Å². The second kappa shape index (κ2) is 10.5. The fourth-order valence-electron chi connectivity index (χ4n) is 6.46. The highest BCUT2D eigenvalue weighted by atomic mass is 19.4. The van der Waals surface area contributed by atoms with Crippen LogP contribution in [0, 0.1) is 32.0 Å². The number of carbonyl (C=O) groups is 3. The van der Waals surface area contributed by atoms with Crippen LogP contribution in [0.3, 0.4) is 0 Å². The molecule has 234 valence electrons. The maximum Gasteiger partial charge on any atom is 0.436 e. The molecule has 1 aromatic carbocycles. The summed E-state index contributed by atoms with van der Waals surface area (Å²) in [5, 5.41) is 3.07. The number of nitrogens with zero attached hydrogens (tertiary/aromatic N) is 5. The minimum atomic E-state index is -5.05. The number of fused-ring (bicyclic) bond motifs is 2. The van der Waals surface area contributed by atoms with Crippen molar-refractivity contribution in [1.29, 1.82) is 0 Å². The number of carbonyl (C=O) groups excluding carboxylic acids is 3. The van der Waals surface area contributed by atoms with Gasteiger partial charge in [0.15, 0.2) is 17.3 Å². The van der Waals surface area contributed by atoms with Crippen molar-refractivity contribution in [2.24, 2.45) is 5.41 Å². The molecule has 0 radical (unpaired) electrons. The number of pyridine rings is 1. The predicted octanol–water partition coefficient (Wildman–Crippen LogP) is 5.80. The average Bonchev–Trinajstić information content (AvgIpc) is 3.30. The third kappa shape index (κ3) is 5.33. The SMILES string of the molecule is CC(=O)c1cn(CC(=O)N2[C@H](C(=O)Nc3nc(C(F)(F)F)c(F)cc3C)C[C@@]3(C)C[C@@H]23)c2c(C)cc(-c3cnc(C)nc3)cc12. The first-order valence-corrected chi connectivity index (χ1v) is 14.4. The summed E-state index contributed by atoms with van der Waals surface area (Å²) in [4.78, 5) is 53.4. The minimum Gasteiger partial charge on any atom is -0.337 e. The molecular formula is C32H30F4N6O3. The highest BCUT2D eigenvalue weighted by Gasteiger charge is 2.64. The van der Waals surface area contributed by atoms with Crippen LogP contribution in [0.15, 0.2) is 36.8 Å². The molecule has 45 heavy (non-hydrogen) atoms. The topological polar surface area (TPSA) is 110 Å². The number of anilines is 1. The predicted molar refractivity (Wildman–Crippen MR) is 157 cm³/mol. The summed E-state index contributed by atoms with van der Waals surface area (Å²) in [5.41, 5.74) is 1.50. The van der Waals surface area contributed by atoms with Gasteiger partial charge in [-0.3, -0.25) is 14.4 Å². The van der Waals surface area contributed by atoms with Gasteiger partial charge in [0.2, 0.25) is 11.8 Å². The molecule has 9 nitrogen and oxygen atoms in total. The van der Waals surface area contributed by atoms with Gasteiger partial charge in [0.25, 0.3) is 0 Å². The van der Waals surface area contributed by atoms with E-state index in [4.69, 9.17) is 0 Å². The minimum absolute atomic E-state index is 0.0173. The van der Waals surface area contributed by atoms with Gasteiger partial charge in [0.1, 0.15) is 24.2 Å². The molecule has 0 unspecified atom stereocenters. The Labute approximate surface area is 255 Å². The van der Waals surface area contributed by atoms with Gasteiger partial charge in [-0.25, -0.2) is 19.3 Å². The molecular weight excluding hydrogens is 592 g/mol. The van der Waals surface area contributed by atoms with Gasteiger partial charge in [-0.15, -0.1) is 0 Å². The fourth-order valence-corrected chi connectivity index (χ4v) is 6.46. The number of piperidine rings is 1. The number of rotatable bonds is 6. The second-order valence-corrected chi connectivity index (χ2v) is 12.3. The van der Waals surface area contributed by atoms with Gasteiger partial charge in [-0.05, 0) is 80.8 Å². The zero-order valence-corrected chi connectivity index (χ0v) is 25.2. The number of halogens is 4. The van der Waals surface area contributed by atoms with E-state index in [2.05, 4.69) is 20.3 Å². The van der Waals surface area contributed by atoms with Crippen molar-refractivity contribution in [2.45, 2.75) is 72.3 Å². The molecule has 0 bridgehead atoms. The van der Waals surface area contributed by atoms with Crippen LogP contribution in [-0.4, -0.2) is 54.1 Å². The van der Waals surface area contributed by atoms with E-state index in [1.165, 1.54) is 18.7 Å². The summed E-state index contributed by atoms with van der Waals surface area (Å²) in [6.07, 6.45) is 0.986. The van der Waals surface area contributed by atoms with Crippen LogP contribution in [0.25, 0.3) is 22.0 Å². The van der Waals surface area contributed by atoms with Gasteiger partial charge < -0.3 is 14.8 Å². The molecule has 1 saturated heterocycles. The van der Waals surface area contributed by atoms with Gasteiger partial charge in [0, 0.05) is 41.1 Å². The van der Waals surface area contributed by atoms with Crippen LogP contribution in [0.2, 0.25) is 0 Å². The van der Waals surface area contributed by atoms with Crippen LogP contribution in [-0.2, 0) is 22.3 Å². The molecule has 6 rings (SSSR count). The molecule has 4 aromatic rings. The number of benzene rings is 1. The Morgan fingerprint density at radius 3 is 2.36 bits per heavy atom. The van der Waals surface area contributed by atoms with Gasteiger partial charge >= 0.3 is 6.18 Å². The van der Waals surface area contributed by atoms with Crippen molar-refractivity contribution in [3.63, 3.8) is 0 Å². The monoisotopic (exact) mass is 622 g/mol. The Morgan fingerprint density at radius 1 is 1.02 bits per heavy atom. The number of hydrogen-bond donors (Lipinski definition) is 1. The molecule has 1 N–H and O–H groups in total. The summed E-state index contributed by atoms with van der Waals surface area (Å²) in [7, 11) is 0. The largest absolute Gasteiger partial charge is 0.436 e. The van der Waals surface area contributed by atoms with E-state index in [0.717, 1.165) is 16.7 Å². The van der Waals surface area contributed by atoms with E-state index in [1.54, 1.807) is 30.1 Å². The van der Waals surface area contributed by atoms with Crippen molar-refractivity contribution in [3.8, 4) is 11.1 Å². The quantitative estimate of drug-likeness (QED) is 0.215. The number of alkyl halides is 3. The molecule has 3 atom stereocenters. The summed E-state index contributed by atoms with van der Waals surface area (Å²) in [6.45, 7) is 8.23. The van der Waals surface area contributed by atoms with Crippen LogP contribution in [0.1, 0.15) is 59.7 Å². The highest BCUT2D eigenvalue weighted by molar-refractivity contribution is 6.09. The Hall–Kier alpha value is -4.68. The zero-order valence-electron chi connectivity index (χ0n) is 25.2. The third-order valence-corrected chi connectivity index (χ3v) is 8.86. The van der Waals surface area contributed by atoms with E-state index in [0.29, 0.717) is 41.2 Å². The van der Waals surface area contributed by atoms with Crippen LogP contribution in [0.5, 0.6) is 0 Å². The van der Waals surface area contributed by atoms with Crippen LogP contribution < -0.4 is 5.32 Å². The molecule has 4 heterocycles. The summed E-state index contributed by atoms with van der Waals surface area (Å²) >= 11 is 0.